The highest BCUT2D eigenvalue weighted by Crippen LogP contribution is 2.18. The van der Waals surface area contributed by atoms with Crippen LogP contribution < -0.4 is 15.4 Å². The van der Waals surface area contributed by atoms with Gasteiger partial charge in [0.15, 0.2) is 6.61 Å². The van der Waals surface area contributed by atoms with Crippen LogP contribution in [0.4, 0.5) is 11.4 Å². The number of nitrogens with one attached hydrogen (secondary N) is 2. The van der Waals surface area contributed by atoms with Crippen LogP contribution in [0.2, 0.25) is 0 Å². The lowest BCUT2D eigenvalue weighted by Crippen LogP contribution is -2.20. The Morgan fingerprint density at radius 3 is 2.22 bits per heavy atom. The molecule has 0 radical (unpaired) electrons. The van der Waals surface area contributed by atoms with Crippen molar-refractivity contribution in [3.05, 3.63) is 88.0 Å². The van der Waals surface area contributed by atoms with Crippen molar-refractivity contribution in [1.29, 1.82) is 0 Å². The van der Waals surface area contributed by atoms with Crippen LogP contribution in [0.3, 0.4) is 0 Å². The SMILES string of the molecule is O=C(COc1ccccc1)Nc1cccc(NC(=O)c2ccccc2I)c1. The first kappa shape index (κ1) is 18.9. The van der Waals surface area contributed by atoms with Gasteiger partial charge in [0, 0.05) is 14.9 Å². The molecule has 0 aliphatic rings. The number of carbonyl (C=O) groups is 2. The smallest absolute Gasteiger partial charge is 0.262 e. The first-order valence-corrected chi connectivity index (χ1v) is 9.33. The number of benzene rings is 3. The van der Waals surface area contributed by atoms with E-state index in [1.807, 2.05) is 36.4 Å². The zero-order valence-corrected chi connectivity index (χ0v) is 16.5. The zero-order valence-electron chi connectivity index (χ0n) is 14.3. The summed E-state index contributed by atoms with van der Waals surface area (Å²) in [5, 5.41) is 5.60. The van der Waals surface area contributed by atoms with Gasteiger partial charge >= 0.3 is 0 Å². The maximum absolute atomic E-state index is 12.4. The maximum Gasteiger partial charge on any atom is 0.262 e. The summed E-state index contributed by atoms with van der Waals surface area (Å²) >= 11 is 2.12. The Balaban J connectivity index is 1.59. The molecule has 0 aromatic heterocycles. The monoisotopic (exact) mass is 472 g/mol. The van der Waals surface area contributed by atoms with Crippen molar-refractivity contribution in [2.75, 3.05) is 17.2 Å². The second kappa shape index (κ2) is 9.18. The van der Waals surface area contributed by atoms with Gasteiger partial charge in [0.2, 0.25) is 0 Å². The third-order valence-electron chi connectivity index (χ3n) is 3.64. The van der Waals surface area contributed by atoms with Crippen LogP contribution in [0.25, 0.3) is 0 Å². The summed E-state index contributed by atoms with van der Waals surface area (Å²) < 4.78 is 6.29. The first-order chi connectivity index (χ1) is 13.1. The molecule has 3 rings (SSSR count). The zero-order chi connectivity index (χ0) is 19.1. The number of hydrogen-bond acceptors (Lipinski definition) is 3. The Labute approximate surface area is 170 Å². The molecule has 2 amide bonds. The van der Waals surface area contributed by atoms with Gasteiger partial charge in [-0.25, -0.2) is 0 Å². The van der Waals surface area contributed by atoms with Crippen LogP contribution >= 0.6 is 22.6 Å². The molecule has 0 atom stereocenters. The summed E-state index contributed by atoms with van der Waals surface area (Å²) in [7, 11) is 0. The van der Waals surface area contributed by atoms with Gasteiger partial charge < -0.3 is 15.4 Å². The standard InChI is InChI=1S/C21H17IN2O3/c22-19-12-5-4-11-18(19)21(26)24-16-8-6-7-15(13-16)23-20(25)14-27-17-9-2-1-3-10-17/h1-13H,14H2,(H,23,25)(H,24,26). The molecule has 0 bridgehead atoms. The van der Waals surface area contributed by atoms with Crippen molar-refractivity contribution in [1.82, 2.24) is 0 Å². The number of hydrogen-bond donors (Lipinski definition) is 2. The number of halogens is 1. The molecule has 0 aliphatic heterocycles. The van der Waals surface area contributed by atoms with Gasteiger partial charge in [0.1, 0.15) is 5.75 Å². The Morgan fingerprint density at radius 2 is 1.48 bits per heavy atom. The van der Waals surface area contributed by atoms with E-state index in [-0.39, 0.29) is 18.4 Å². The fourth-order valence-electron chi connectivity index (χ4n) is 2.38. The minimum atomic E-state index is -0.278. The molecule has 0 aliphatic carbocycles. The Bertz CT molecular complexity index is 945. The van der Waals surface area contributed by atoms with Crippen LogP contribution in [-0.2, 0) is 4.79 Å². The van der Waals surface area contributed by atoms with Crippen LogP contribution in [-0.4, -0.2) is 18.4 Å². The van der Waals surface area contributed by atoms with E-state index in [2.05, 4.69) is 33.2 Å². The third kappa shape index (κ3) is 5.55. The highest BCUT2D eigenvalue weighted by molar-refractivity contribution is 14.1. The number of rotatable bonds is 6. The fourth-order valence-corrected chi connectivity index (χ4v) is 3.01. The molecule has 0 unspecified atom stereocenters. The number of anilines is 2. The van der Waals surface area contributed by atoms with Gasteiger partial charge in [0.25, 0.3) is 11.8 Å². The molecule has 0 saturated heterocycles. The molecule has 5 nitrogen and oxygen atoms in total. The van der Waals surface area contributed by atoms with Crippen LogP contribution in [0.5, 0.6) is 5.75 Å². The fraction of sp³-hybridized carbons (Fsp3) is 0.0476. The normalized spacial score (nSPS) is 10.1. The highest BCUT2D eigenvalue weighted by atomic mass is 127. The molecule has 0 fully saturated rings. The van der Waals surface area contributed by atoms with Crippen molar-refractivity contribution in [3.8, 4) is 5.75 Å². The van der Waals surface area contributed by atoms with Crippen LogP contribution in [0, 0.1) is 3.57 Å². The largest absolute Gasteiger partial charge is 0.484 e. The van der Waals surface area contributed by atoms with E-state index in [1.54, 1.807) is 42.5 Å². The molecular weight excluding hydrogens is 455 g/mol. The molecule has 2 N–H and O–H groups in total. The highest BCUT2D eigenvalue weighted by Gasteiger charge is 2.10. The maximum atomic E-state index is 12.4. The van der Waals surface area contributed by atoms with Crippen LogP contribution in [0.1, 0.15) is 10.4 Å². The molecule has 136 valence electrons. The Kier molecular flexibility index (Phi) is 6.43. The molecule has 6 heteroatoms. The minimum Gasteiger partial charge on any atom is -0.484 e. The van der Waals surface area contributed by atoms with Crippen molar-refractivity contribution < 1.29 is 14.3 Å². The average molecular weight is 472 g/mol. The van der Waals surface area contributed by atoms with E-state index in [0.29, 0.717) is 22.7 Å². The van der Waals surface area contributed by atoms with Gasteiger partial charge in [-0.15, -0.1) is 0 Å². The average Bonchev–Trinajstić information content (AvgIpc) is 2.68. The second-order valence-electron chi connectivity index (χ2n) is 5.66. The molecule has 27 heavy (non-hydrogen) atoms. The molecule has 0 heterocycles. The molecular formula is C21H17IN2O3. The van der Waals surface area contributed by atoms with E-state index in [4.69, 9.17) is 4.74 Å². The molecule has 0 saturated carbocycles. The van der Waals surface area contributed by atoms with Gasteiger partial charge in [0.05, 0.1) is 5.56 Å². The summed E-state index contributed by atoms with van der Waals surface area (Å²) in [4.78, 5) is 24.5. The first-order valence-electron chi connectivity index (χ1n) is 8.25. The van der Waals surface area contributed by atoms with Gasteiger partial charge in [-0.2, -0.15) is 0 Å². The second-order valence-corrected chi connectivity index (χ2v) is 6.83. The van der Waals surface area contributed by atoms with E-state index in [1.165, 1.54) is 0 Å². The minimum absolute atomic E-state index is 0.0944. The van der Waals surface area contributed by atoms with E-state index < -0.39 is 0 Å². The molecule has 0 spiro atoms. The van der Waals surface area contributed by atoms with Crippen molar-refractivity contribution in [2.24, 2.45) is 0 Å². The third-order valence-corrected chi connectivity index (χ3v) is 4.58. The number of carbonyl (C=O) groups excluding carboxylic acids is 2. The molecule has 3 aromatic carbocycles. The van der Waals surface area contributed by atoms with Gasteiger partial charge in [-0.1, -0.05) is 36.4 Å². The number of amides is 2. The van der Waals surface area contributed by atoms with Gasteiger partial charge in [-0.05, 0) is 65.1 Å². The van der Waals surface area contributed by atoms with Crippen molar-refractivity contribution in [2.45, 2.75) is 0 Å². The van der Waals surface area contributed by atoms with E-state index in [9.17, 15) is 9.59 Å². The number of ether oxygens (including phenoxy) is 1. The van der Waals surface area contributed by atoms with E-state index in [0.717, 1.165) is 3.57 Å². The van der Waals surface area contributed by atoms with Crippen LogP contribution in [0.15, 0.2) is 78.9 Å². The quantitative estimate of drug-likeness (QED) is 0.517. The lowest BCUT2D eigenvalue weighted by Gasteiger charge is -2.10. The lowest BCUT2D eigenvalue weighted by molar-refractivity contribution is -0.118. The summed E-state index contributed by atoms with van der Waals surface area (Å²) in [6, 6.07) is 23.5. The lowest BCUT2D eigenvalue weighted by atomic mass is 10.2. The summed E-state index contributed by atoms with van der Waals surface area (Å²) in [6.45, 7) is -0.0944. The number of para-hydroxylation sites is 1. The summed E-state index contributed by atoms with van der Waals surface area (Å²) in [6.07, 6.45) is 0. The Morgan fingerprint density at radius 1 is 0.815 bits per heavy atom. The molecule has 3 aromatic rings. The topological polar surface area (TPSA) is 67.4 Å². The van der Waals surface area contributed by atoms with Crippen molar-refractivity contribution in [3.63, 3.8) is 0 Å². The summed E-state index contributed by atoms with van der Waals surface area (Å²) in [5.41, 5.74) is 1.78. The predicted octanol–water partition coefficient (Wildman–Crippen LogP) is 4.56. The van der Waals surface area contributed by atoms with E-state index >= 15 is 0 Å². The van der Waals surface area contributed by atoms with Gasteiger partial charge in [-0.3, -0.25) is 9.59 Å². The Hall–Kier alpha value is -2.87. The predicted molar refractivity (Wildman–Crippen MR) is 114 cm³/mol. The summed E-state index contributed by atoms with van der Waals surface area (Å²) in [5.74, 6) is 0.155. The van der Waals surface area contributed by atoms with Crippen molar-refractivity contribution >= 4 is 45.8 Å².